The van der Waals surface area contributed by atoms with E-state index in [2.05, 4.69) is 29.4 Å². The predicted molar refractivity (Wildman–Crippen MR) is 62.7 cm³/mol. The summed E-state index contributed by atoms with van der Waals surface area (Å²) in [5.74, 6) is -6.75. The molecule has 0 amide bonds. The minimum Gasteiger partial charge on any atom is -0.380 e. The summed E-state index contributed by atoms with van der Waals surface area (Å²) in [5, 5.41) is 10.3. The molecule has 0 unspecified atom stereocenters. The Labute approximate surface area is 136 Å². The Hall–Kier alpha value is -3.40. The van der Waals surface area contributed by atoms with Gasteiger partial charge < -0.3 is 10.5 Å². The molecule has 2 rings (SSSR count). The Morgan fingerprint density at radius 3 is 1.85 bits per heavy atom. The lowest BCUT2D eigenvalue weighted by molar-refractivity contribution is -0.221. The normalized spacial score (nSPS) is 11.5. The molecule has 0 bridgehead atoms. The van der Waals surface area contributed by atoms with E-state index in [1.165, 1.54) is 7.05 Å². The van der Waals surface area contributed by atoms with E-state index in [9.17, 15) is 40.7 Å². The van der Waals surface area contributed by atoms with Crippen LogP contribution in [-0.2, 0) is 21.4 Å². The Morgan fingerprint density at radius 1 is 1.04 bits per heavy atom. The monoisotopic (exact) mass is 393 g/mol. The molecule has 0 fully saturated rings. The molecule has 0 spiro atoms. The maximum Gasteiger partial charge on any atom is 0.491 e. The van der Waals surface area contributed by atoms with E-state index in [0.717, 1.165) is 4.57 Å². The number of halogens is 6. The molecular weight excluding hydrogens is 388 g/mol. The van der Waals surface area contributed by atoms with Gasteiger partial charge in [0.15, 0.2) is 11.5 Å². The zero-order valence-corrected chi connectivity index (χ0v) is 12.1. The number of alkyl halides is 6. The topological polar surface area (TPSA) is 156 Å². The van der Waals surface area contributed by atoms with Crippen molar-refractivity contribution >= 4 is 17.8 Å². The second-order valence-electron chi connectivity index (χ2n) is 4.00. The zero-order chi connectivity index (χ0) is 20.3. The van der Waals surface area contributed by atoms with E-state index in [-0.39, 0.29) is 17.3 Å². The molecule has 0 atom stereocenters. The van der Waals surface area contributed by atoms with Gasteiger partial charge in [0.05, 0.1) is 0 Å². The van der Waals surface area contributed by atoms with E-state index in [0.29, 0.717) is 0 Å². The molecule has 0 aliphatic carbocycles. The van der Waals surface area contributed by atoms with Crippen LogP contribution in [0.1, 0.15) is 0 Å². The highest BCUT2D eigenvalue weighted by Gasteiger charge is 2.49. The molecule has 2 heterocycles. The Bertz CT molecular complexity index is 824. The van der Waals surface area contributed by atoms with Gasteiger partial charge >= 0.3 is 30.0 Å². The van der Waals surface area contributed by atoms with Crippen LogP contribution in [0.4, 0.5) is 32.2 Å². The molecule has 0 aromatic carbocycles. The number of nitrogen functional groups attached to an aromatic ring is 1. The summed E-state index contributed by atoms with van der Waals surface area (Å²) in [6.45, 7) is 0. The van der Waals surface area contributed by atoms with E-state index in [4.69, 9.17) is 5.73 Å². The third-order valence-electron chi connectivity index (χ3n) is 2.18. The number of hydrogen-bond donors (Lipinski definition) is 1. The summed E-state index contributed by atoms with van der Waals surface area (Å²) in [6.07, 6.45) is -11.2. The van der Waals surface area contributed by atoms with Crippen LogP contribution in [0.3, 0.4) is 0 Å². The number of rotatable bonds is 1. The highest BCUT2D eigenvalue weighted by atomic mass is 19.4. The molecule has 2 aromatic rings. The fourth-order valence-corrected chi connectivity index (χ4v) is 1.04. The number of carbonyl (C=O) groups is 2. The molecule has 0 saturated carbocycles. The van der Waals surface area contributed by atoms with Crippen LogP contribution < -0.4 is 11.5 Å². The fourth-order valence-electron chi connectivity index (χ4n) is 1.04. The summed E-state index contributed by atoms with van der Waals surface area (Å²) in [7, 11) is 1.47. The van der Waals surface area contributed by atoms with E-state index >= 15 is 0 Å². The molecule has 2 aromatic heterocycles. The quantitative estimate of drug-likeness (QED) is 0.403. The van der Waals surface area contributed by atoms with Crippen molar-refractivity contribution in [2.75, 3.05) is 5.73 Å². The van der Waals surface area contributed by atoms with Crippen molar-refractivity contribution in [2.45, 2.75) is 12.4 Å². The highest BCUT2D eigenvalue weighted by molar-refractivity contribution is 5.90. The van der Waals surface area contributed by atoms with Crippen LogP contribution in [0.15, 0.2) is 13.9 Å². The van der Waals surface area contributed by atoms with E-state index in [1.54, 1.807) is 0 Å². The maximum atomic E-state index is 11.2. The molecule has 0 saturated heterocycles. The summed E-state index contributed by atoms with van der Waals surface area (Å²) >= 11 is 0. The second kappa shape index (κ2) is 7.23. The lowest BCUT2D eigenvalue weighted by atomic mass is 10.4. The average Bonchev–Trinajstić information content (AvgIpc) is 3.04. The van der Waals surface area contributed by atoms with E-state index < -0.39 is 30.0 Å². The number of hydrogen-bond acceptors (Lipinski definition) is 10. The largest absolute Gasteiger partial charge is 0.491 e. The van der Waals surface area contributed by atoms with Gasteiger partial charge in [-0.1, -0.05) is 5.16 Å². The number of carbonyl (C=O) groups excluding carboxylic acids is 2. The molecule has 2 N–H and O–H groups in total. The Morgan fingerprint density at radius 2 is 1.54 bits per heavy atom. The summed E-state index contributed by atoms with van der Waals surface area (Å²) < 4.78 is 79.5. The summed E-state index contributed by atoms with van der Waals surface area (Å²) in [6, 6.07) is 0. The number of ether oxygens (including phenoxy) is 1. The minimum atomic E-state index is -5.62. The molecule has 17 heteroatoms. The molecule has 0 radical (unpaired) electrons. The first kappa shape index (κ1) is 20.6. The third-order valence-corrected chi connectivity index (χ3v) is 2.18. The molecular formula is C9H5F6N5O6. The van der Waals surface area contributed by atoms with Crippen LogP contribution in [-0.4, -0.2) is 44.3 Å². The SMILES string of the molecule is Cn1c(-c2nonc2N)noc1=O.O=C(OC(=O)C(F)(F)F)C(F)(F)F. The highest BCUT2D eigenvalue weighted by Crippen LogP contribution is 2.21. The molecule has 26 heavy (non-hydrogen) atoms. The van der Waals surface area contributed by atoms with Crippen molar-refractivity contribution in [1.82, 2.24) is 20.0 Å². The number of aromatic nitrogens is 4. The Kier molecular flexibility index (Phi) is 5.74. The molecule has 0 aliphatic rings. The van der Waals surface area contributed by atoms with Gasteiger partial charge in [0.1, 0.15) is 0 Å². The van der Waals surface area contributed by atoms with Crippen molar-refractivity contribution in [2.24, 2.45) is 7.05 Å². The number of nitrogens with two attached hydrogens (primary N) is 1. The number of nitrogens with zero attached hydrogens (tertiary/aromatic N) is 4. The summed E-state index contributed by atoms with van der Waals surface area (Å²) in [5.41, 5.74) is 5.57. The van der Waals surface area contributed by atoms with Gasteiger partial charge in [-0.25, -0.2) is 19.0 Å². The molecule has 144 valence electrons. The number of esters is 2. The van der Waals surface area contributed by atoms with Gasteiger partial charge in [-0.05, 0) is 10.3 Å². The second-order valence-corrected chi connectivity index (χ2v) is 4.00. The fraction of sp³-hybridized carbons (Fsp3) is 0.333. The first-order chi connectivity index (χ1) is 11.7. The van der Waals surface area contributed by atoms with Gasteiger partial charge in [-0.3, -0.25) is 9.09 Å². The smallest absolute Gasteiger partial charge is 0.380 e. The van der Waals surface area contributed by atoms with Gasteiger partial charge in [-0.2, -0.15) is 26.3 Å². The van der Waals surface area contributed by atoms with Gasteiger partial charge in [0.2, 0.25) is 5.82 Å². The summed E-state index contributed by atoms with van der Waals surface area (Å²) in [4.78, 5) is 30.2. The molecule has 0 aliphatic heterocycles. The Balaban J connectivity index is 0.000000260. The van der Waals surface area contributed by atoms with Gasteiger partial charge in [0.25, 0.3) is 0 Å². The van der Waals surface area contributed by atoms with Gasteiger partial charge in [0, 0.05) is 7.05 Å². The van der Waals surface area contributed by atoms with Crippen LogP contribution in [0.5, 0.6) is 0 Å². The maximum absolute atomic E-state index is 11.2. The van der Waals surface area contributed by atoms with Crippen LogP contribution in [0, 0.1) is 0 Å². The first-order valence-corrected chi connectivity index (χ1v) is 5.76. The average molecular weight is 393 g/mol. The van der Waals surface area contributed by atoms with Crippen molar-refractivity contribution in [3.63, 3.8) is 0 Å². The standard InChI is InChI=1S/C5H5N5O3.C4F6O3/c1-10-4(9-12-5(10)11)2-3(6)8-13-7-2;5-3(6,7)1(11)13-2(12)4(8,9)10/h1H3,(H2,6,8);. The van der Waals surface area contributed by atoms with Crippen molar-refractivity contribution in [3.05, 3.63) is 10.6 Å². The predicted octanol–water partition coefficient (Wildman–Crippen LogP) is 0.186. The zero-order valence-electron chi connectivity index (χ0n) is 12.1. The lowest BCUT2D eigenvalue weighted by Crippen LogP contribution is -2.34. The van der Waals surface area contributed by atoms with Crippen molar-refractivity contribution in [3.8, 4) is 11.5 Å². The van der Waals surface area contributed by atoms with Crippen molar-refractivity contribution < 1.29 is 49.8 Å². The molecule has 11 nitrogen and oxygen atoms in total. The third kappa shape index (κ3) is 5.05. The van der Waals surface area contributed by atoms with E-state index in [1.807, 2.05) is 0 Å². The first-order valence-electron chi connectivity index (χ1n) is 5.76. The van der Waals surface area contributed by atoms with Crippen LogP contribution in [0.25, 0.3) is 11.5 Å². The van der Waals surface area contributed by atoms with Crippen LogP contribution >= 0.6 is 0 Å². The van der Waals surface area contributed by atoms with Crippen LogP contribution in [0.2, 0.25) is 0 Å². The minimum absolute atomic E-state index is 0.0592. The van der Waals surface area contributed by atoms with Crippen molar-refractivity contribution in [1.29, 1.82) is 0 Å². The number of anilines is 1. The van der Waals surface area contributed by atoms with Gasteiger partial charge in [-0.15, -0.1) is 0 Å². The lowest BCUT2D eigenvalue weighted by Gasteiger charge is -2.06.